The zero-order valence-electron chi connectivity index (χ0n) is 11.3. The smallest absolute Gasteiger partial charge is 0.317 e. The van der Waals surface area contributed by atoms with Gasteiger partial charge in [-0.2, -0.15) is 0 Å². The first-order valence-corrected chi connectivity index (χ1v) is 8.55. The second-order valence-electron chi connectivity index (χ2n) is 5.44. The lowest BCUT2D eigenvalue weighted by molar-refractivity contribution is 0.182. The number of hydrogen-bond acceptors (Lipinski definition) is 4. The van der Waals surface area contributed by atoms with Gasteiger partial charge < -0.3 is 10.2 Å². The molecule has 2 heterocycles. The highest BCUT2D eigenvalue weighted by Crippen LogP contribution is 2.43. The lowest BCUT2D eigenvalue weighted by atomic mass is 9.98. The predicted octanol–water partition coefficient (Wildman–Crippen LogP) is 2.54. The second-order valence-corrected chi connectivity index (χ2v) is 6.85. The number of aromatic nitrogens is 2. The summed E-state index contributed by atoms with van der Waals surface area (Å²) < 4.78 is 0. The predicted molar refractivity (Wildman–Crippen MR) is 79.6 cm³/mol. The van der Waals surface area contributed by atoms with Crippen LogP contribution in [0.15, 0.2) is 0 Å². The molecule has 1 aliphatic carbocycles. The number of alkyl halides is 1. The van der Waals surface area contributed by atoms with Crippen molar-refractivity contribution in [2.75, 3.05) is 25.5 Å². The molecule has 1 aromatic rings. The van der Waals surface area contributed by atoms with E-state index in [4.69, 9.17) is 11.6 Å². The fourth-order valence-corrected chi connectivity index (χ4v) is 3.78. The fourth-order valence-electron chi connectivity index (χ4n) is 2.50. The van der Waals surface area contributed by atoms with Crippen molar-refractivity contribution >= 4 is 29.0 Å². The monoisotopic (exact) mass is 314 g/mol. The van der Waals surface area contributed by atoms with Crippen LogP contribution in [-0.4, -0.2) is 46.6 Å². The number of piperidine rings is 1. The number of halogens is 1. The third-order valence-corrected chi connectivity index (χ3v) is 5.32. The van der Waals surface area contributed by atoms with Crippen LogP contribution in [-0.2, 0) is 0 Å². The van der Waals surface area contributed by atoms with E-state index in [0.717, 1.165) is 30.9 Å². The van der Waals surface area contributed by atoms with Crippen LogP contribution in [0.5, 0.6) is 0 Å². The number of amides is 2. The lowest BCUT2D eigenvalue weighted by Gasteiger charge is -2.30. The highest BCUT2D eigenvalue weighted by Gasteiger charge is 2.30. The van der Waals surface area contributed by atoms with Gasteiger partial charge in [-0.1, -0.05) is 0 Å². The van der Waals surface area contributed by atoms with Crippen molar-refractivity contribution in [3.8, 4) is 0 Å². The van der Waals surface area contributed by atoms with E-state index in [1.54, 1.807) is 11.3 Å². The molecule has 0 radical (unpaired) electrons. The van der Waals surface area contributed by atoms with Gasteiger partial charge in [0.05, 0.1) is 0 Å². The van der Waals surface area contributed by atoms with E-state index in [-0.39, 0.29) is 6.03 Å². The molecule has 1 saturated carbocycles. The first-order valence-electron chi connectivity index (χ1n) is 7.20. The standard InChI is InChI=1S/C13H19ClN4OS/c14-5-6-15-13(19)18-7-3-10(4-8-18)12-17-16-11(20-12)9-1-2-9/h9-10H,1-8H2,(H,15,19). The van der Waals surface area contributed by atoms with Gasteiger partial charge in [0, 0.05) is 37.4 Å². The first kappa shape index (κ1) is 14.1. The minimum absolute atomic E-state index is 0.0000308. The second kappa shape index (κ2) is 6.26. The van der Waals surface area contributed by atoms with Gasteiger partial charge in [-0.05, 0) is 25.7 Å². The zero-order chi connectivity index (χ0) is 13.9. The van der Waals surface area contributed by atoms with E-state index >= 15 is 0 Å². The number of carbonyl (C=O) groups is 1. The van der Waals surface area contributed by atoms with Gasteiger partial charge in [-0.25, -0.2) is 4.79 Å². The van der Waals surface area contributed by atoms with Gasteiger partial charge in [0.1, 0.15) is 10.0 Å². The molecule has 1 aromatic heterocycles. The number of nitrogens with zero attached hydrogens (tertiary/aromatic N) is 3. The molecule has 2 amide bonds. The lowest BCUT2D eigenvalue weighted by Crippen LogP contribution is -2.44. The summed E-state index contributed by atoms with van der Waals surface area (Å²) in [5.74, 6) is 1.61. The van der Waals surface area contributed by atoms with Crippen molar-refractivity contribution in [2.24, 2.45) is 0 Å². The molecular formula is C13H19ClN4OS. The van der Waals surface area contributed by atoms with Crippen LogP contribution in [0.3, 0.4) is 0 Å². The van der Waals surface area contributed by atoms with Crippen LogP contribution in [0.1, 0.15) is 47.5 Å². The maximum Gasteiger partial charge on any atom is 0.317 e. The van der Waals surface area contributed by atoms with Crippen LogP contribution in [0.2, 0.25) is 0 Å². The molecular weight excluding hydrogens is 296 g/mol. The molecule has 1 saturated heterocycles. The molecule has 0 aromatic carbocycles. The molecule has 1 aliphatic heterocycles. The molecule has 0 spiro atoms. The Balaban J connectivity index is 1.51. The van der Waals surface area contributed by atoms with Crippen molar-refractivity contribution < 1.29 is 4.79 Å². The Kier molecular flexibility index (Phi) is 4.41. The molecule has 2 fully saturated rings. The van der Waals surface area contributed by atoms with Crippen molar-refractivity contribution in [1.82, 2.24) is 20.4 Å². The minimum Gasteiger partial charge on any atom is -0.337 e. The highest BCUT2D eigenvalue weighted by molar-refractivity contribution is 7.11. The van der Waals surface area contributed by atoms with Crippen LogP contribution >= 0.6 is 22.9 Å². The summed E-state index contributed by atoms with van der Waals surface area (Å²) in [7, 11) is 0. The van der Waals surface area contributed by atoms with Gasteiger partial charge in [-0.15, -0.1) is 33.1 Å². The van der Waals surface area contributed by atoms with E-state index in [0.29, 0.717) is 24.3 Å². The molecule has 1 N–H and O–H groups in total. The summed E-state index contributed by atoms with van der Waals surface area (Å²) in [6, 6.07) is 0.0000308. The fraction of sp³-hybridized carbons (Fsp3) is 0.769. The number of nitrogens with one attached hydrogen (secondary N) is 1. The van der Waals surface area contributed by atoms with Gasteiger partial charge in [0.25, 0.3) is 0 Å². The Labute approximate surface area is 127 Å². The molecule has 7 heteroatoms. The molecule has 0 unspecified atom stereocenters. The number of hydrogen-bond donors (Lipinski definition) is 1. The quantitative estimate of drug-likeness (QED) is 0.869. The summed E-state index contributed by atoms with van der Waals surface area (Å²) >= 11 is 7.35. The van der Waals surface area contributed by atoms with Crippen molar-refractivity contribution in [3.63, 3.8) is 0 Å². The van der Waals surface area contributed by atoms with Crippen molar-refractivity contribution in [3.05, 3.63) is 10.0 Å². The summed E-state index contributed by atoms with van der Waals surface area (Å²) in [5.41, 5.74) is 0. The average molecular weight is 315 g/mol. The van der Waals surface area contributed by atoms with Gasteiger partial charge >= 0.3 is 6.03 Å². The highest BCUT2D eigenvalue weighted by atomic mass is 35.5. The van der Waals surface area contributed by atoms with Gasteiger partial charge in [-0.3, -0.25) is 0 Å². The Morgan fingerprint density at radius 1 is 1.20 bits per heavy atom. The maximum atomic E-state index is 11.8. The van der Waals surface area contributed by atoms with E-state index < -0.39 is 0 Å². The van der Waals surface area contributed by atoms with Crippen LogP contribution in [0.4, 0.5) is 4.79 Å². The Hall–Kier alpha value is -0.880. The van der Waals surface area contributed by atoms with E-state index in [9.17, 15) is 4.79 Å². The largest absolute Gasteiger partial charge is 0.337 e. The van der Waals surface area contributed by atoms with E-state index in [1.807, 2.05) is 4.90 Å². The average Bonchev–Trinajstić information content (AvgIpc) is 3.22. The van der Waals surface area contributed by atoms with Crippen molar-refractivity contribution in [2.45, 2.75) is 37.5 Å². The molecule has 3 rings (SSSR count). The number of urea groups is 1. The Bertz CT molecular complexity index is 469. The Morgan fingerprint density at radius 2 is 1.80 bits per heavy atom. The van der Waals surface area contributed by atoms with E-state index in [1.165, 1.54) is 17.8 Å². The topological polar surface area (TPSA) is 58.1 Å². The number of likely N-dealkylation sites (tertiary alicyclic amines) is 1. The normalized spacial score (nSPS) is 20.1. The molecule has 5 nitrogen and oxygen atoms in total. The van der Waals surface area contributed by atoms with Gasteiger partial charge in [0.2, 0.25) is 0 Å². The molecule has 0 atom stereocenters. The minimum atomic E-state index is 0.0000308. The molecule has 0 bridgehead atoms. The van der Waals surface area contributed by atoms with Crippen LogP contribution < -0.4 is 5.32 Å². The summed E-state index contributed by atoms with van der Waals surface area (Å²) in [6.45, 7) is 2.11. The Morgan fingerprint density at radius 3 is 2.35 bits per heavy atom. The third-order valence-electron chi connectivity index (χ3n) is 3.88. The van der Waals surface area contributed by atoms with Gasteiger partial charge in [0.15, 0.2) is 0 Å². The number of carbonyl (C=O) groups excluding carboxylic acids is 1. The van der Waals surface area contributed by atoms with Crippen LogP contribution in [0, 0.1) is 0 Å². The first-order chi connectivity index (χ1) is 9.78. The summed E-state index contributed by atoms with van der Waals surface area (Å²) in [6.07, 6.45) is 4.50. The SMILES string of the molecule is O=C(NCCCl)N1CCC(c2nnc(C3CC3)s2)CC1. The van der Waals surface area contributed by atoms with Crippen LogP contribution in [0.25, 0.3) is 0 Å². The number of rotatable bonds is 4. The zero-order valence-corrected chi connectivity index (χ0v) is 12.9. The molecule has 110 valence electrons. The third kappa shape index (κ3) is 3.23. The molecule has 20 heavy (non-hydrogen) atoms. The molecule has 2 aliphatic rings. The maximum absolute atomic E-state index is 11.8. The summed E-state index contributed by atoms with van der Waals surface area (Å²) in [4.78, 5) is 13.7. The van der Waals surface area contributed by atoms with E-state index in [2.05, 4.69) is 15.5 Å². The van der Waals surface area contributed by atoms with Crippen molar-refractivity contribution in [1.29, 1.82) is 0 Å². The summed E-state index contributed by atoms with van der Waals surface area (Å²) in [5, 5.41) is 13.8.